The normalized spacial score (nSPS) is 14.2. The summed E-state index contributed by atoms with van der Waals surface area (Å²) in [5.74, 6) is -1.02. The predicted octanol–water partition coefficient (Wildman–Crippen LogP) is 0.0631. The third kappa shape index (κ3) is 3.60. The first-order valence-electron chi connectivity index (χ1n) is 5.76. The van der Waals surface area contributed by atoms with Gasteiger partial charge in [-0.2, -0.15) is 5.10 Å². The molecule has 2 rings (SSSR count). The van der Waals surface area contributed by atoms with Crippen molar-refractivity contribution in [1.82, 2.24) is 10.4 Å². The number of thiazole rings is 1. The molecule has 0 fully saturated rings. The zero-order valence-electron chi connectivity index (χ0n) is 10.6. The predicted molar refractivity (Wildman–Crippen MR) is 71.3 cm³/mol. The van der Waals surface area contributed by atoms with E-state index in [0.717, 1.165) is 0 Å². The average molecular weight is 296 g/mol. The highest BCUT2D eigenvalue weighted by Gasteiger charge is 2.19. The third-order valence-electron chi connectivity index (χ3n) is 2.49. The van der Waals surface area contributed by atoms with Gasteiger partial charge in [0.15, 0.2) is 5.13 Å². The van der Waals surface area contributed by atoms with E-state index in [1.807, 2.05) is 0 Å². The van der Waals surface area contributed by atoms with Crippen molar-refractivity contribution < 1.29 is 19.1 Å². The Labute approximate surface area is 118 Å². The van der Waals surface area contributed by atoms with Crippen LogP contribution in [0.1, 0.15) is 18.5 Å². The van der Waals surface area contributed by atoms with E-state index in [1.165, 1.54) is 18.4 Å². The summed E-state index contributed by atoms with van der Waals surface area (Å²) in [4.78, 5) is 37.9. The summed E-state index contributed by atoms with van der Waals surface area (Å²) in [6, 6.07) is 0. The molecule has 0 atom stereocenters. The van der Waals surface area contributed by atoms with Crippen molar-refractivity contribution in [2.75, 3.05) is 12.4 Å². The van der Waals surface area contributed by atoms with Crippen LogP contribution in [0.25, 0.3) is 0 Å². The highest BCUT2D eigenvalue weighted by molar-refractivity contribution is 7.14. The lowest BCUT2D eigenvalue weighted by atomic mass is 10.2. The van der Waals surface area contributed by atoms with Gasteiger partial charge in [0, 0.05) is 18.2 Å². The van der Waals surface area contributed by atoms with Crippen LogP contribution in [-0.4, -0.2) is 35.6 Å². The lowest BCUT2D eigenvalue weighted by Crippen LogP contribution is -2.32. The summed E-state index contributed by atoms with van der Waals surface area (Å²) in [5.41, 5.74) is 3.02. The number of amides is 2. The lowest BCUT2D eigenvalue weighted by molar-refractivity contribution is -0.139. The monoisotopic (exact) mass is 296 g/mol. The fourth-order valence-electron chi connectivity index (χ4n) is 1.47. The molecule has 0 radical (unpaired) electrons. The van der Waals surface area contributed by atoms with Gasteiger partial charge in [0.1, 0.15) is 5.71 Å². The lowest BCUT2D eigenvalue weighted by Gasteiger charge is -2.10. The molecular formula is C11H12N4O4S. The molecule has 0 unspecified atom stereocenters. The number of hydrazone groups is 1. The number of nitrogens with one attached hydrogen (secondary N) is 2. The van der Waals surface area contributed by atoms with E-state index in [1.54, 1.807) is 5.38 Å². The molecule has 0 aromatic carbocycles. The van der Waals surface area contributed by atoms with E-state index >= 15 is 0 Å². The van der Waals surface area contributed by atoms with Gasteiger partial charge in [-0.1, -0.05) is 0 Å². The van der Waals surface area contributed by atoms with Crippen molar-refractivity contribution in [2.24, 2.45) is 5.10 Å². The van der Waals surface area contributed by atoms with Gasteiger partial charge in [-0.25, -0.2) is 10.4 Å². The van der Waals surface area contributed by atoms with Crippen LogP contribution >= 0.6 is 11.3 Å². The number of hydrogen-bond acceptors (Lipinski definition) is 7. The third-order valence-corrected chi connectivity index (χ3v) is 3.30. The molecule has 2 heterocycles. The van der Waals surface area contributed by atoms with E-state index in [9.17, 15) is 14.4 Å². The van der Waals surface area contributed by atoms with Crippen molar-refractivity contribution >= 4 is 40.0 Å². The summed E-state index contributed by atoms with van der Waals surface area (Å²) in [6.07, 6.45) is 0.579. The van der Waals surface area contributed by atoms with E-state index in [-0.39, 0.29) is 30.9 Å². The summed E-state index contributed by atoms with van der Waals surface area (Å²) in [5, 5.41) is 8.29. The summed E-state index contributed by atoms with van der Waals surface area (Å²) in [7, 11) is 1.30. The zero-order chi connectivity index (χ0) is 14.5. The first-order chi connectivity index (χ1) is 9.58. The van der Waals surface area contributed by atoms with Crippen molar-refractivity contribution in [3.05, 3.63) is 11.1 Å². The smallest absolute Gasteiger partial charge is 0.311 e. The number of rotatable bonds is 4. The van der Waals surface area contributed by atoms with Crippen molar-refractivity contribution in [1.29, 1.82) is 0 Å². The van der Waals surface area contributed by atoms with Gasteiger partial charge in [0.2, 0.25) is 5.91 Å². The quantitative estimate of drug-likeness (QED) is 0.764. The van der Waals surface area contributed by atoms with Gasteiger partial charge >= 0.3 is 5.97 Å². The minimum atomic E-state index is -0.413. The van der Waals surface area contributed by atoms with Crippen molar-refractivity contribution in [3.8, 4) is 0 Å². The molecule has 1 aliphatic rings. The standard InChI is InChI=1S/C11H12N4O4S/c1-19-9(17)4-6-5-20-11(12-6)13-10(18)7-2-3-8(16)15-14-7/h5H,2-4H2,1H3,(H,15,16)(H,12,13,18). The Kier molecular flexibility index (Phi) is 4.41. The second-order valence-electron chi connectivity index (χ2n) is 3.94. The van der Waals surface area contributed by atoms with Gasteiger partial charge in [-0.3, -0.25) is 19.7 Å². The maximum Gasteiger partial charge on any atom is 0.311 e. The molecule has 0 saturated heterocycles. The number of aromatic nitrogens is 1. The van der Waals surface area contributed by atoms with E-state index in [4.69, 9.17) is 0 Å². The van der Waals surface area contributed by atoms with Gasteiger partial charge in [-0.15, -0.1) is 11.3 Å². The Morgan fingerprint density at radius 2 is 2.30 bits per heavy atom. The molecule has 1 aromatic rings. The summed E-state index contributed by atoms with van der Waals surface area (Å²) in [6.45, 7) is 0. The summed E-state index contributed by atoms with van der Waals surface area (Å²) < 4.78 is 4.53. The number of ether oxygens (including phenoxy) is 1. The van der Waals surface area contributed by atoms with Crippen LogP contribution in [0.5, 0.6) is 0 Å². The number of methoxy groups -OCH3 is 1. The molecule has 0 saturated carbocycles. The van der Waals surface area contributed by atoms with Crippen LogP contribution in [0, 0.1) is 0 Å². The molecule has 20 heavy (non-hydrogen) atoms. The number of carbonyl (C=O) groups excluding carboxylic acids is 3. The molecular weight excluding hydrogens is 284 g/mol. The topological polar surface area (TPSA) is 110 Å². The highest BCUT2D eigenvalue weighted by Crippen LogP contribution is 2.16. The van der Waals surface area contributed by atoms with Crippen molar-refractivity contribution in [3.63, 3.8) is 0 Å². The zero-order valence-corrected chi connectivity index (χ0v) is 11.5. The first-order valence-corrected chi connectivity index (χ1v) is 6.64. The molecule has 106 valence electrons. The molecule has 0 bridgehead atoms. The minimum absolute atomic E-state index is 0.0554. The van der Waals surface area contributed by atoms with Gasteiger partial charge in [0.05, 0.1) is 19.2 Å². The maximum absolute atomic E-state index is 11.8. The molecule has 8 nitrogen and oxygen atoms in total. The molecule has 0 spiro atoms. The Morgan fingerprint density at radius 1 is 1.50 bits per heavy atom. The largest absolute Gasteiger partial charge is 0.469 e. The second-order valence-corrected chi connectivity index (χ2v) is 4.80. The van der Waals surface area contributed by atoms with Crippen LogP contribution in [0.3, 0.4) is 0 Å². The second kappa shape index (κ2) is 6.24. The molecule has 1 aromatic heterocycles. The van der Waals surface area contributed by atoms with Crippen molar-refractivity contribution in [2.45, 2.75) is 19.3 Å². The fourth-order valence-corrected chi connectivity index (χ4v) is 2.18. The Morgan fingerprint density at radius 3 is 2.95 bits per heavy atom. The Bertz CT molecular complexity index is 581. The minimum Gasteiger partial charge on any atom is -0.469 e. The number of nitrogens with zero attached hydrogens (tertiary/aromatic N) is 2. The highest BCUT2D eigenvalue weighted by atomic mass is 32.1. The summed E-state index contributed by atoms with van der Waals surface area (Å²) >= 11 is 1.20. The van der Waals surface area contributed by atoms with Crippen LogP contribution < -0.4 is 10.7 Å². The molecule has 1 aliphatic heterocycles. The van der Waals surface area contributed by atoms with Crippen LogP contribution in [0.2, 0.25) is 0 Å². The van der Waals surface area contributed by atoms with Crippen LogP contribution in [0.4, 0.5) is 5.13 Å². The van der Waals surface area contributed by atoms with Crippen LogP contribution in [-0.2, 0) is 25.5 Å². The number of hydrogen-bond donors (Lipinski definition) is 2. The number of anilines is 1. The van der Waals surface area contributed by atoms with Gasteiger partial charge < -0.3 is 4.74 Å². The molecule has 2 N–H and O–H groups in total. The fraction of sp³-hybridized carbons (Fsp3) is 0.364. The maximum atomic E-state index is 11.8. The number of esters is 1. The number of carbonyl (C=O) groups is 3. The molecule has 0 aliphatic carbocycles. The van der Waals surface area contributed by atoms with Gasteiger partial charge in [0.25, 0.3) is 5.91 Å². The van der Waals surface area contributed by atoms with E-state index in [2.05, 4.69) is 25.6 Å². The van der Waals surface area contributed by atoms with Gasteiger partial charge in [-0.05, 0) is 0 Å². The average Bonchev–Trinajstić information content (AvgIpc) is 2.86. The van der Waals surface area contributed by atoms with E-state index in [0.29, 0.717) is 10.8 Å². The molecule has 2 amide bonds. The van der Waals surface area contributed by atoms with E-state index < -0.39 is 11.9 Å². The first kappa shape index (κ1) is 14.1. The Hall–Kier alpha value is -2.29. The SMILES string of the molecule is COC(=O)Cc1csc(NC(=O)C2=NNC(=O)CC2)n1. The van der Waals surface area contributed by atoms with Crippen LogP contribution in [0.15, 0.2) is 10.5 Å². The molecule has 9 heteroatoms. The Balaban J connectivity index is 1.95.